The Bertz CT molecular complexity index is 550. The third-order valence-electron chi connectivity index (χ3n) is 3.00. The zero-order valence-electron chi connectivity index (χ0n) is 11.3. The molecule has 0 fully saturated rings. The van der Waals surface area contributed by atoms with Crippen molar-refractivity contribution >= 4 is 15.9 Å². The van der Waals surface area contributed by atoms with E-state index in [9.17, 15) is 0 Å². The summed E-state index contributed by atoms with van der Waals surface area (Å²) in [5, 5.41) is 4.18. The summed E-state index contributed by atoms with van der Waals surface area (Å²) in [6.07, 6.45) is 3.95. The lowest BCUT2D eigenvalue weighted by molar-refractivity contribution is 0.318. The minimum atomic E-state index is 0.574. The van der Waals surface area contributed by atoms with Crippen LogP contribution in [0.15, 0.2) is 35.1 Å². The van der Waals surface area contributed by atoms with Gasteiger partial charge < -0.3 is 5.73 Å². The molecule has 1 heterocycles. The van der Waals surface area contributed by atoms with Crippen molar-refractivity contribution in [3.05, 3.63) is 51.8 Å². The van der Waals surface area contributed by atoms with Gasteiger partial charge in [-0.1, -0.05) is 28.1 Å². The number of nitrogens with zero attached hydrogens (tertiary/aromatic N) is 3. The van der Waals surface area contributed by atoms with E-state index in [1.54, 1.807) is 0 Å². The molecule has 2 N–H and O–H groups in total. The molecule has 0 saturated carbocycles. The minimum Gasteiger partial charge on any atom is -0.326 e. The third kappa shape index (κ3) is 3.89. The molecule has 2 aromatic rings. The van der Waals surface area contributed by atoms with Gasteiger partial charge in [-0.2, -0.15) is 5.10 Å². The highest BCUT2D eigenvalue weighted by atomic mass is 79.9. The first kappa shape index (κ1) is 14.2. The number of nitrogens with two attached hydrogens (primary N) is 1. The SMILES string of the molecule is CN(Cc1cnn(C)c1)Cc1ccc(CN)cc1Br. The Balaban J connectivity index is 2.00. The van der Waals surface area contributed by atoms with Crippen LogP contribution < -0.4 is 5.73 Å². The van der Waals surface area contributed by atoms with Gasteiger partial charge >= 0.3 is 0 Å². The van der Waals surface area contributed by atoms with Crippen LogP contribution in [0.1, 0.15) is 16.7 Å². The molecule has 102 valence electrons. The second kappa shape index (κ2) is 6.32. The molecule has 0 unspecified atom stereocenters. The van der Waals surface area contributed by atoms with Gasteiger partial charge in [0, 0.05) is 42.9 Å². The van der Waals surface area contributed by atoms with E-state index in [2.05, 4.69) is 51.2 Å². The molecule has 0 saturated heterocycles. The van der Waals surface area contributed by atoms with Gasteiger partial charge in [0.2, 0.25) is 0 Å². The molecule has 5 heteroatoms. The summed E-state index contributed by atoms with van der Waals surface area (Å²) in [6.45, 7) is 2.35. The van der Waals surface area contributed by atoms with Crippen molar-refractivity contribution in [2.45, 2.75) is 19.6 Å². The van der Waals surface area contributed by atoms with Crippen LogP contribution in [0.5, 0.6) is 0 Å². The molecular weight excluding hydrogens is 304 g/mol. The molecule has 0 atom stereocenters. The third-order valence-corrected chi connectivity index (χ3v) is 3.74. The Hall–Kier alpha value is -1.17. The van der Waals surface area contributed by atoms with Crippen LogP contribution in [0.4, 0.5) is 0 Å². The van der Waals surface area contributed by atoms with Gasteiger partial charge in [0.05, 0.1) is 6.20 Å². The molecule has 0 radical (unpaired) electrons. The zero-order chi connectivity index (χ0) is 13.8. The fourth-order valence-electron chi connectivity index (χ4n) is 2.06. The van der Waals surface area contributed by atoms with Crippen LogP contribution in [-0.4, -0.2) is 21.7 Å². The fourth-order valence-corrected chi connectivity index (χ4v) is 2.61. The Kier molecular flexibility index (Phi) is 4.74. The van der Waals surface area contributed by atoms with Crippen LogP contribution in [0.3, 0.4) is 0 Å². The predicted molar refractivity (Wildman–Crippen MR) is 80.4 cm³/mol. The summed E-state index contributed by atoms with van der Waals surface area (Å²) >= 11 is 3.61. The van der Waals surface area contributed by atoms with Crippen LogP contribution in [-0.2, 0) is 26.7 Å². The lowest BCUT2D eigenvalue weighted by Crippen LogP contribution is -2.17. The monoisotopic (exact) mass is 322 g/mol. The Morgan fingerprint density at radius 2 is 2.11 bits per heavy atom. The maximum Gasteiger partial charge on any atom is 0.0534 e. The first-order valence-corrected chi connectivity index (χ1v) is 7.01. The summed E-state index contributed by atoms with van der Waals surface area (Å²) in [6, 6.07) is 6.30. The Morgan fingerprint density at radius 3 is 2.68 bits per heavy atom. The van der Waals surface area contributed by atoms with E-state index >= 15 is 0 Å². The second-order valence-corrected chi connectivity index (χ2v) is 5.68. The molecule has 2 rings (SSSR count). The first-order chi connectivity index (χ1) is 9.08. The van der Waals surface area contributed by atoms with Gasteiger partial charge in [-0.05, 0) is 24.2 Å². The summed E-state index contributed by atoms with van der Waals surface area (Å²) in [5.74, 6) is 0. The number of hydrogen-bond donors (Lipinski definition) is 1. The van der Waals surface area contributed by atoms with E-state index in [4.69, 9.17) is 5.73 Å². The Labute approximate surface area is 122 Å². The average molecular weight is 323 g/mol. The van der Waals surface area contributed by atoms with Gasteiger partial charge in [0.1, 0.15) is 0 Å². The topological polar surface area (TPSA) is 47.1 Å². The van der Waals surface area contributed by atoms with E-state index in [1.807, 2.05) is 24.1 Å². The molecule has 4 nitrogen and oxygen atoms in total. The highest BCUT2D eigenvalue weighted by Crippen LogP contribution is 2.20. The maximum absolute atomic E-state index is 5.63. The van der Waals surface area contributed by atoms with Crippen molar-refractivity contribution in [2.75, 3.05) is 7.05 Å². The number of aromatic nitrogens is 2. The number of hydrogen-bond acceptors (Lipinski definition) is 3. The van der Waals surface area contributed by atoms with Gasteiger partial charge in [0.15, 0.2) is 0 Å². The van der Waals surface area contributed by atoms with Crippen LogP contribution in [0.2, 0.25) is 0 Å². The van der Waals surface area contributed by atoms with Crippen molar-refractivity contribution in [3.63, 3.8) is 0 Å². The molecule has 0 aliphatic carbocycles. The smallest absolute Gasteiger partial charge is 0.0534 e. The molecule has 0 aliphatic heterocycles. The molecule has 0 spiro atoms. The van der Waals surface area contributed by atoms with E-state index in [0.717, 1.165) is 23.1 Å². The number of halogens is 1. The van der Waals surface area contributed by atoms with E-state index in [-0.39, 0.29) is 0 Å². The summed E-state index contributed by atoms with van der Waals surface area (Å²) in [4.78, 5) is 2.26. The van der Waals surface area contributed by atoms with Gasteiger partial charge in [-0.25, -0.2) is 0 Å². The number of rotatable bonds is 5. The molecule has 0 aliphatic rings. The highest BCUT2D eigenvalue weighted by molar-refractivity contribution is 9.10. The molecule has 0 amide bonds. The largest absolute Gasteiger partial charge is 0.326 e. The quantitative estimate of drug-likeness (QED) is 0.918. The molecule has 1 aromatic heterocycles. The zero-order valence-corrected chi connectivity index (χ0v) is 12.9. The minimum absolute atomic E-state index is 0.574. The Morgan fingerprint density at radius 1 is 1.32 bits per heavy atom. The predicted octanol–water partition coefficient (Wildman–Crippen LogP) is 2.27. The lowest BCUT2D eigenvalue weighted by atomic mass is 10.1. The normalized spacial score (nSPS) is 11.2. The molecule has 19 heavy (non-hydrogen) atoms. The van der Waals surface area contributed by atoms with Crippen molar-refractivity contribution in [2.24, 2.45) is 12.8 Å². The molecule has 0 bridgehead atoms. The standard InChI is InChI=1S/C14H19BrN4/c1-18(8-12-7-17-19(2)9-12)10-13-4-3-11(6-16)5-14(13)15/h3-5,7,9H,6,8,10,16H2,1-2H3. The maximum atomic E-state index is 5.63. The summed E-state index contributed by atoms with van der Waals surface area (Å²) in [7, 11) is 4.04. The van der Waals surface area contributed by atoms with Crippen molar-refractivity contribution < 1.29 is 0 Å². The highest BCUT2D eigenvalue weighted by Gasteiger charge is 2.06. The van der Waals surface area contributed by atoms with Gasteiger partial charge in [-0.3, -0.25) is 9.58 Å². The van der Waals surface area contributed by atoms with Crippen LogP contribution >= 0.6 is 15.9 Å². The first-order valence-electron chi connectivity index (χ1n) is 6.22. The van der Waals surface area contributed by atoms with Gasteiger partial charge in [0.25, 0.3) is 0 Å². The van der Waals surface area contributed by atoms with Crippen molar-refractivity contribution in [1.82, 2.24) is 14.7 Å². The van der Waals surface area contributed by atoms with Crippen molar-refractivity contribution in [3.8, 4) is 0 Å². The van der Waals surface area contributed by atoms with Crippen LogP contribution in [0, 0.1) is 0 Å². The van der Waals surface area contributed by atoms with Crippen LogP contribution in [0.25, 0.3) is 0 Å². The fraction of sp³-hybridized carbons (Fsp3) is 0.357. The summed E-state index contributed by atoms with van der Waals surface area (Å²) < 4.78 is 2.95. The summed E-state index contributed by atoms with van der Waals surface area (Å²) in [5.41, 5.74) is 9.27. The lowest BCUT2D eigenvalue weighted by Gasteiger charge is -2.17. The van der Waals surface area contributed by atoms with Crippen molar-refractivity contribution in [1.29, 1.82) is 0 Å². The number of benzene rings is 1. The number of aryl methyl sites for hydroxylation is 1. The second-order valence-electron chi connectivity index (χ2n) is 4.82. The van der Waals surface area contributed by atoms with Gasteiger partial charge in [-0.15, -0.1) is 0 Å². The molecular formula is C14H19BrN4. The average Bonchev–Trinajstić information content (AvgIpc) is 2.77. The van der Waals surface area contributed by atoms with E-state index < -0.39 is 0 Å². The van der Waals surface area contributed by atoms with E-state index in [1.165, 1.54) is 11.1 Å². The molecule has 1 aromatic carbocycles. The van der Waals surface area contributed by atoms with E-state index in [0.29, 0.717) is 6.54 Å².